The first-order chi connectivity index (χ1) is 9.15. The number of rotatable bonds is 4. The third-order valence-electron chi connectivity index (χ3n) is 2.85. The maximum atomic E-state index is 11.2. The van der Waals surface area contributed by atoms with Crippen LogP contribution < -0.4 is 14.6 Å². The fourth-order valence-electron chi connectivity index (χ4n) is 1.84. The van der Waals surface area contributed by atoms with E-state index in [0.717, 1.165) is 5.56 Å². The molecule has 0 bridgehead atoms. The zero-order chi connectivity index (χ0) is 13.8. The smallest absolute Gasteiger partial charge is 0.119 e. The molecule has 0 N–H and O–H groups in total. The van der Waals surface area contributed by atoms with Gasteiger partial charge in [0, 0.05) is 5.56 Å². The standard InChI is InChI=1S/C15H14O4/c1-18-11-5-3-10(4-6-11)13-8-7-12(19-2)9-14(13)15(16)17/h3-9H,1-2H3,(H,16,17)/p-1. The van der Waals surface area contributed by atoms with Gasteiger partial charge in [-0.2, -0.15) is 0 Å². The molecule has 0 saturated heterocycles. The number of ether oxygens (including phenoxy) is 2. The summed E-state index contributed by atoms with van der Waals surface area (Å²) in [6.07, 6.45) is 0. The van der Waals surface area contributed by atoms with Gasteiger partial charge in [0.05, 0.1) is 20.2 Å². The maximum absolute atomic E-state index is 11.2. The van der Waals surface area contributed by atoms with E-state index in [1.54, 1.807) is 43.5 Å². The Morgan fingerprint density at radius 3 is 2.05 bits per heavy atom. The molecule has 0 heterocycles. The van der Waals surface area contributed by atoms with Gasteiger partial charge >= 0.3 is 0 Å². The van der Waals surface area contributed by atoms with Crippen molar-refractivity contribution >= 4 is 5.97 Å². The van der Waals surface area contributed by atoms with Crippen LogP contribution in [0.4, 0.5) is 0 Å². The number of hydrogen-bond donors (Lipinski definition) is 0. The number of aromatic carboxylic acids is 1. The summed E-state index contributed by atoms with van der Waals surface area (Å²) in [7, 11) is 3.07. The van der Waals surface area contributed by atoms with E-state index in [0.29, 0.717) is 17.1 Å². The zero-order valence-corrected chi connectivity index (χ0v) is 10.7. The summed E-state index contributed by atoms with van der Waals surface area (Å²) in [5.74, 6) is -0.0339. The number of benzene rings is 2. The third kappa shape index (κ3) is 2.68. The minimum Gasteiger partial charge on any atom is -0.545 e. The van der Waals surface area contributed by atoms with Crippen molar-refractivity contribution in [1.82, 2.24) is 0 Å². The first kappa shape index (κ1) is 13.0. The van der Waals surface area contributed by atoms with Gasteiger partial charge in [0.1, 0.15) is 11.5 Å². The van der Waals surface area contributed by atoms with Gasteiger partial charge in [-0.1, -0.05) is 18.2 Å². The van der Waals surface area contributed by atoms with Gasteiger partial charge in [-0.25, -0.2) is 0 Å². The lowest BCUT2D eigenvalue weighted by Gasteiger charge is -2.12. The van der Waals surface area contributed by atoms with Gasteiger partial charge in [0.25, 0.3) is 0 Å². The zero-order valence-electron chi connectivity index (χ0n) is 10.7. The Hall–Kier alpha value is -2.49. The Morgan fingerprint density at radius 2 is 1.53 bits per heavy atom. The van der Waals surface area contributed by atoms with Crippen LogP contribution in [0.5, 0.6) is 11.5 Å². The summed E-state index contributed by atoms with van der Waals surface area (Å²) >= 11 is 0. The van der Waals surface area contributed by atoms with Crippen LogP contribution in [0.25, 0.3) is 11.1 Å². The van der Waals surface area contributed by atoms with Crippen molar-refractivity contribution in [1.29, 1.82) is 0 Å². The van der Waals surface area contributed by atoms with Crippen LogP contribution in [0.3, 0.4) is 0 Å². The first-order valence-corrected chi connectivity index (χ1v) is 5.69. The molecule has 2 rings (SSSR count). The van der Waals surface area contributed by atoms with E-state index >= 15 is 0 Å². The molecule has 0 unspecified atom stereocenters. The fraction of sp³-hybridized carbons (Fsp3) is 0.133. The van der Waals surface area contributed by atoms with Crippen LogP contribution in [0.2, 0.25) is 0 Å². The van der Waals surface area contributed by atoms with E-state index in [1.807, 2.05) is 0 Å². The second-order valence-electron chi connectivity index (χ2n) is 3.93. The van der Waals surface area contributed by atoms with E-state index in [-0.39, 0.29) is 5.56 Å². The highest BCUT2D eigenvalue weighted by atomic mass is 16.5. The highest BCUT2D eigenvalue weighted by Gasteiger charge is 2.08. The summed E-state index contributed by atoms with van der Waals surface area (Å²) in [6.45, 7) is 0. The number of carbonyl (C=O) groups excluding carboxylic acids is 1. The van der Waals surface area contributed by atoms with Crippen molar-refractivity contribution in [3.05, 3.63) is 48.0 Å². The minimum absolute atomic E-state index is 0.101. The summed E-state index contributed by atoms with van der Waals surface area (Å²) in [5.41, 5.74) is 1.47. The number of hydrogen-bond acceptors (Lipinski definition) is 4. The van der Waals surface area contributed by atoms with Crippen LogP contribution >= 0.6 is 0 Å². The molecule has 0 saturated carbocycles. The van der Waals surface area contributed by atoms with Gasteiger partial charge < -0.3 is 19.4 Å². The highest BCUT2D eigenvalue weighted by Crippen LogP contribution is 2.28. The molecule has 0 aliphatic carbocycles. The van der Waals surface area contributed by atoms with E-state index in [4.69, 9.17) is 9.47 Å². The molecule has 0 fully saturated rings. The van der Waals surface area contributed by atoms with Gasteiger partial charge in [-0.15, -0.1) is 0 Å². The molecule has 0 aliphatic rings. The van der Waals surface area contributed by atoms with E-state index in [2.05, 4.69) is 0 Å². The second kappa shape index (κ2) is 5.44. The Labute approximate surface area is 111 Å². The van der Waals surface area contributed by atoms with Gasteiger partial charge in [0.15, 0.2) is 0 Å². The summed E-state index contributed by atoms with van der Waals surface area (Å²) < 4.78 is 10.1. The van der Waals surface area contributed by atoms with Crippen molar-refractivity contribution in [3.8, 4) is 22.6 Å². The normalized spacial score (nSPS) is 10.0. The Balaban J connectivity index is 2.50. The molecule has 98 valence electrons. The maximum Gasteiger partial charge on any atom is 0.119 e. The molecule has 4 nitrogen and oxygen atoms in total. The Bertz CT molecular complexity index is 588. The van der Waals surface area contributed by atoms with Crippen molar-refractivity contribution in [2.75, 3.05) is 14.2 Å². The molecule has 19 heavy (non-hydrogen) atoms. The highest BCUT2D eigenvalue weighted by molar-refractivity contribution is 5.95. The van der Waals surface area contributed by atoms with Crippen LogP contribution in [-0.4, -0.2) is 20.2 Å². The molecular formula is C15H13O4-. The topological polar surface area (TPSA) is 58.6 Å². The van der Waals surface area contributed by atoms with Crippen LogP contribution in [0.15, 0.2) is 42.5 Å². The molecule has 2 aromatic rings. The largest absolute Gasteiger partial charge is 0.545 e. The Morgan fingerprint density at radius 1 is 0.947 bits per heavy atom. The van der Waals surface area contributed by atoms with Gasteiger partial charge in [-0.3, -0.25) is 0 Å². The number of carbonyl (C=O) groups is 1. The molecule has 0 atom stereocenters. The monoisotopic (exact) mass is 257 g/mol. The van der Waals surface area contributed by atoms with Crippen molar-refractivity contribution in [2.45, 2.75) is 0 Å². The van der Waals surface area contributed by atoms with E-state index in [9.17, 15) is 9.90 Å². The SMILES string of the molecule is COc1ccc(-c2ccc(OC)cc2C(=O)[O-])cc1. The lowest BCUT2D eigenvalue weighted by Crippen LogP contribution is -2.23. The lowest BCUT2D eigenvalue weighted by atomic mass is 9.99. The lowest BCUT2D eigenvalue weighted by molar-refractivity contribution is -0.254. The molecular weight excluding hydrogens is 244 g/mol. The van der Waals surface area contributed by atoms with Gasteiger partial charge in [0.2, 0.25) is 0 Å². The summed E-state index contributed by atoms with van der Waals surface area (Å²) in [4.78, 5) is 11.2. The van der Waals surface area contributed by atoms with Crippen LogP contribution in [0.1, 0.15) is 10.4 Å². The second-order valence-corrected chi connectivity index (χ2v) is 3.93. The van der Waals surface area contributed by atoms with Crippen molar-refractivity contribution in [3.63, 3.8) is 0 Å². The molecule has 0 aliphatic heterocycles. The average Bonchev–Trinajstić information content (AvgIpc) is 2.46. The van der Waals surface area contributed by atoms with Crippen LogP contribution in [0, 0.1) is 0 Å². The number of carboxylic acids is 1. The summed E-state index contributed by atoms with van der Waals surface area (Å²) in [6, 6.07) is 12.0. The number of methoxy groups -OCH3 is 2. The van der Waals surface area contributed by atoms with Gasteiger partial charge in [-0.05, 0) is 35.4 Å². The molecule has 0 amide bonds. The first-order valence-electron chi connectivity index (χ1n) is 5.69. The predicted octanol–water partition coefficient (Wildman–Crippen LogP) is 1.73. The fourth-order valence-corrected chi connectivity index (χ4v) is 1.84. The molecule has 2 aromatic carbocycles. The molecule has 0 aromatic heterocycles. The van der Waals surface area contributed by atoms with Crippen molar-refractivity contribution < 1.29 is 19.4 Å². The van der Waals surface area contributed by atoms with Crippen molar-refractivity contribution in [2.24, 2.45) is 0 Å². The third-order valence-corrected chi connectivity index (χ3v) is 2.85. The number of carboxylic acid groups (broad SMARTS) is 1. The Kier molecular flexibility index (Phi) is 3.71. The van der Waals surface area contributed by atoms with E-state index in [1.165, 1.54) is 13.2 Å². The molecule has 0 radical (unpaired) electrons. The predicted molar refractivity (Wildman–Crippen MR) is 69.3 cm³/mol. The van der Waals surface area contributed by atoms with Crippen LogP contribution in [-0.2, 0) is 0 Å². The molecule has 0 spiro atoms. The molecule has 4 heteroatoms. The minimum atomic E-state index is -1.23. The average molecular weight is 257 g/mol. The van der Waals surface area contributed by atoms with E-state index < -0.39 is 5.97 Å². The quantitative estimate of drug-likeness (QED) is 0.837. The summed E-state index contributed by atoms with van der Waals surface area (Å²) in [5, 5.41) is 11.2.